The summed E-state index contributed by atoms with van der Waals surface area (Å²) in [6.07, 6.45) is 3.48. The third-order valence-corrected chi connectivity index (χ3v) is 6.71. The molecule has 3 atom stereocenters. The molecule has 1 heterocycles. The van der Waals surface area contributed by atoms with E-state index in [-0.39, 0.29) is 11.0 Å². The van der Waals surface area contributed by atoms with Gasteiger partial charge in [-0.25, -0.2) is 0 Å². The zero-order valence-electron chi connectivity index (χ0n) is 11.4. The van der Waals surface area contributed by atoms with Gasteiger partial charge in [0.05, 0.1) is 0 Å². The predicted molar refractivity (Wildman–Crippen MR) is 78.4 cm³/mol. The summed E-state index contributed by atoms with van der Waals surface area (Å²) in [5, 5.41) is 0. The second-order valence-corrected chi connectivity index (χ2v) is 7.71. The molecule has 0 N–H and O–H groups in total. The van der Waals surface area contributed by atoms with Gasteiger partial charge in [0.2, 0.25) is 0 Å². The molecule has 0 bridgehead atoms. The molecule has 2 aliphatic rings. The number of hydrogen-bond acceptors (Lipinski definition) is 1. The van der Waals surface area contributed by atoms with Gasteiger partial charge in [0.15, 0.2) is 0 Å². The van der Waals surface area contributed by atoms with E-state index in [1.807, 2.05) is 0 Å². The maximum Gasteiger partial charge on any atom is 0.123 e. The Morgan fingerprint density at radius 3 is 2.72 bits per heavy atom. The molecule has 0 aromatic heterocycles. The number of ether oxygens (including phenoxy) is 1. The Morgan fingerprint density at radius 2 is 1.94 bits per heavy atom. The van der Waals surface area contributed by atoms with Crippen LogP contribution in [0.3, 0.4) is 0 Å². The van der Waals surface area contributed by atoms with E-state index >= 15 is 0 Å². The van der Waals surface area contributed by atoms with Gasteiger partial charge in [-0.1, -0.05) is 48.0 Å². The van der Waals surface area contributed by atoms with Crippen LogP contribution in [-0.4, -0.2) is 10.4 Å². The van der Waals surface area contributed by atoms with Crippen molar-refractivity contribution in [3.05, 3.63) is 29.8 Å². The molecular formula is C16H21BrO. The lowest BCUT2D eigenvalue weighted by molar-refractivity contribution is -0.0772. The molecule has 18 heavy (non-hydrogen) atoms. The van der Waals surface area contributed by atoms with Crippen LogP contribution < -0.4 is 4.74 Å². The van der Waals surface area contributed by atoms with Gasteiger partial charge < -0.3 is 4.74 Å². The molecule has 1 nitrogen and oxygen atoms in total. The van der Waals surface area contributed by atoms with Gasteiger partial charge in [0.1, 0.15) is 11.4 Å². The third kappa shape index (κ3) is 1.72. The van der Waals surface area contributed by atoms with Crippen molar-refractivity contribution in [1.82, 2.24) is 0 Å². The highest BCUT2D eigenvalue weighted by Crippen LogP contribution is 2.54. The van der Waals surface area contributed by atoms with E-state index < -0.39 is 0 Å². The molecule has 1 aromatic carbocycles. The Labute approximate surface area is 118 Å². The smallest absolute Gasteiger partial charge is 0.123 e. The summed E-state index contributed by atoms with van der Waals surface area (Å²) in [5.74, 6) is 1.68. The number of para-hydroxylation sites is 1. The largest absolute Gasteiger partial charge is 0.487 e. The third-order valence-electron chi connectivity index (χ3n) is 5.08. The molecular weight excluding hydrogens is 288 g/mol. The molecule has 1 aliphatic carbocycles. The fraction of sp³-hybridized carbons (Fsp3) is 0.625. The molecule has 1 aromatic rings. The number of benzene rings is 1. The lowest BCUT2D eigenvalue weighted by atomic mass is 9.59. The molecule has 3 rings (SSSR count). The van der Waals surface area contributed by atoms with E-state index in [4.69, 9.17) is 4.74 Å². The van der Waals surface area contributed by atoms with Crippen molar-refractivity contribution in [2.24, 2.45) is 11.3 Å². The van der Waals surface area contributed by atoms with Gasteiger partial charge in [0.25, 0.3) is 0 Å². The van der Waals surface area contributed by atoms with Crippen molar-refractivity contribution in [3.8, 4) is 5.75 Å². The Bertz CT molecular complexity index is 468. The van der Waals surface area contributed by atoms with Crippen molar-refractivity contribution >= 4 is 15.9 Å². The second kappa shape index (κ2) is 4.00. The van der Waals surface area contributed by atoms with Crippen LogP contribution in [0.2, 0.25) is 0 Å². The summed E-state index contributed by atoms with van der Waals surface area (Å²) in [7, 11) is 0. The number of fused-ring (bicyclic) bond motifs is 2. The normalized spacial score (nSPS) is 37.3. The van der Waals surface area contributed by atoms with Crippen molar-refractivity contribution in [1.29, 1.82) is 0 Å². The summed E-state index contributed by atoms with van der Waals surface area (Å²) in [6.45, 7) is 7.06. The minimum atomic E-state index is 0.00211. The fourth-order valence-electron chi connectivity index (χ4n) is 3.81. The monoisotopic (exact) mass is 308 g/mol. The van der Waals surface area contributed by atoms with Crippen molar-refractivity contribution < 1.29 is 4.74 Å². The van der Waals surface area contributed by atoms with Gasteiger partial charge in [-0.15, -0.1) is 0 Å². The minimum absolute atomic E-state index is 0.00211. The molecule has 2 heteroatoms. The molecule has 0 unspecified atom stereocenters. The molecule has 1 saturated carbocycles. The van der Waals surface area contributed by atoms with Crippen molar-refractivity contribution in [2.45, 2.75) is 50.5 Å². The van der Waals surface area contributed by atoms with Gasteiger partial charge in [-0.2, -0.15) is 0 Å². The molecule has 1 fully saturated rings. The Morgan fingerprint density at radius 1 is 1.22 bits per heavy atom. The average Bonchev–Trinajstić information content (AvgIpc) is 2.33. The lowest BCUT2D eigenvalue weighted by Gasteiger charge is -2.55. The maximum atomic E-state index is 6.39. The molecule has 0 saturated heterocycles. The standard InChI is InChI=1S/C16H21BrO/c1-15(2)13-10-11-6-4-5-7-12(11)18-16(13,3)9-8-14(15)17/h4-7,13-14H,8-10H2,1-3H3/t13-,14-,16-/m1/s1. The SMILES string of the molecule is CC1(C)[C@H](Br)CC[C@@]2(C)Oc3ccccc3C[C@H]12. The highest BCUT2D eigenvalue weighted by atomic mass is 79.9. The first-order valence-corrected chi connectivity index (χ1v) is 7.76. The van der Waals surface area contributed by atoms with Crippen molar-refractivity contribution in [3.63, 3.8) is 0 Å². The van der Waals surface area contributed by atoms with E-state index in [1.54, 1.807) is 0 Å². The molecule has 1 aliphatic heterocycles. The van der Waals surface area contributed by atoms with E-state index in [1.165, 1.54) is 12.0 Å². The van der Waals surface area contributed by atoms with Crippen LogP contribution in [0.4, 0.5) is 0 Å². The van der Waals surface area contributed by atoms with Crippen LogP contribution in [0, 0.1) is 11.3 Å². The number of hydrogen-bond donors (Lipinski definition) is 0. The Hall–Kier alpha value is -0.500. The number of rotatable bonds is 0. The van der Waals surface area contributed by atoms with E-state index in [0.717, 1.165) is 18.6 Å². The Kier molecular flexibility index (Phi) is 2.78. The topological polar surface area (TPSA) is 9.23 Å². The summed E-state index contributed by atoms with van der Waals surface area (Å²) in [4.78, 5) is 0.594. The Balaban J connectivity index is 2.04. The highest BCUT2D eigenvalue weighted by molar-refractivity contribution is 9.09. The van der Waals surface area contributed by atoms with E-state index in [9.17, 15) is 0 Å². The van der Waals surface area contributed by atoms with Gasteiger partial charge in [0, 0.05) is 10.7 Å². The average molecular weight is 309 g/mol. The lowest BCUT2D eigenvalue weighted by Crippen LogP contribution is -2.57. The number of halogens is 1. The van der Waals surface area contributed by atoms with Gasteiger partial charge >= 0.3 is 0 Å². The van der Waals surface area contributed by atoms with E-state index in [2.05, 4.69) is 61.0 Å². The molecule has 98 valence electrons. The minimum Gasteiger partial charge on any atom is -0.487 e. The zero-order chi connectivity index (χ0) is 13.0. The second-order valence-electron chi connectivity index (χ2n) is 6.61. The fourth-order valence-corrected chi connectivity index (χ4v) is 4.36. The van der Waals surface area contributed by atoms with Crippen LogP contribution in [0.1, 0.15) is 39.2 Å². The first-order valence-electron chi connectivity index (χ1n) is 6.84. The van der Waals surface area contributed by atoms with Crippen LogP contribution >= 0.6 is 15.9 Å². The summed E-state index contributed by atoms with van der Waals surface area (Å²) in [6, 6.07) is 8.52. The van der Waals surface area contributed by atoms with Crippen molar-refractivity contribution in [2.75, 3.05) is 0 Å². The summed E-state index contributed by atoms with van der Waals surface area (Å²) < 4.78 is 6.39. The quantitative estimate of drug-likeness (QED) is 0.637. The maximum absolute atomic E-state index is 6.39. The van der Waals surface area contributed by atoms with Gasteiger partial charge in [-0.3, -0.25) is 0 Å². The predicted octanol–water partition coefficient (Wildman–Crippen LogP) is 4.58. The van der Waals surface area contributed by atoms with Crippen LogP contribution in [0.25, 0.3) is 0 Å². The van der Waals surface area contributed by atoms with Crippen LogP contribution in [0.15, 0.2) is 24.3 Å². The first kappa shape index (κ1) is 12.5. The molecule has 0 radical (unpaired) electrons. The number of alkyl halides is 1. The molecule has 0 spiro atoms. The van der Waals surface area contributed by atoms with Crippen LogP contribution in [0.5, 0.6) is 5.75 Å². The van der Waals surface area contributed by atoms with Gasteiger partial charge in [-0.05, 0) is 43.2 Å². The zero-order valence-corrected chi connectivity index (χ0v) is 13.0. The summed E-state index contributed by atoms with van der Waals surface area (Å²) in [5.41, 5.74) is 1.65. The highest BCUT2D eigenvalue weighted by Gasteiger charge is 2.53. The summed E-state index contributed by atoms with van der Waals surface area (Å²) >= 11 is 3.88. The molecule has 0 amide bonds. The first-order chi connectivity index (χ1) is 8.43. The van der Waals surface area contributed by atoms with E-state index in [0.29, 0.717) is 10.7 Å². The van der Waals surface area contributed by atoms with Crippen LogP contribution in [-0.2, 0) is 6.42 Å².